The van der Waals surface area contributed by atoms with Gasteiger partial charge in [0.25, 0.3) is 5.91 Å². The Morgan fingerprint density at radius 2 is 2.05 bits per heavy atom. The standard InChI is InChI=1S/C15H14BrClN2O2/c16-10-5-6-11(12(17)9-10)15(20)19-7-8-21-14-4-2-1-3-13(14)18/h1-6,9H,7-8,18H2,(H,19,20). The summed E-state index contributed by atoms with van der Waals surface area (Å²) in [5.74, 6) is 0.366. The van der Waals surface area contributed by atoms with E-state index in [4.69, 9.17) is 22.1 Å². The summed E-state index contributed by atoms with van der Waals surface area (Å²) < 4.78 is 6.32. The number of carbonyl (C=O) groups is 1. The lowest BCUT2D eigenvalue weighted by Gasteiger charge is -2.10. The Morgan fingerprint density at radius 1 is 1.29 bits per heavy atom. The highest BCUT2D eigenvalue weighted by Gasteiger charge is 2.10. The molecule has 0 aliphatic carbocycles. The van der Waals surface area contributed by atoms with Crippen LogP contribution in [0.25, 0.3) is 0 Å². The van der Waals surface area contributed by atoms with E-state index in [1.165, 1.54) is 0 Å². The molecule has 0 bridgehead atoms. The molecular weight excluding hydrogens is 356 g/mol. The van der Waals surface area contributed by atoms with Gasteiger partial charge >= 0.3 is 0 Å². The first-order valence-electron chi connectivity index (χ1n) is 6.28. The Balaban J connectivity index is 1.83. The molecule has 0 aliphatic rings. The molecule has 0 spiro atoms. The van der Waals surface area contributed by atoms with Crippen LogP contribution in [0.2, 0.25) is 5.02 Å². The molecule has 0 radical (unpaired) electrons. The van der Waals surface area contributed by atoms with Crippen molar-refractivity contribution in [1.29, 1.82) is 0 Å². The number of nitrogen functional groups attached to an aromatic ring is 1. The summed E-state index contributed by atoms with van der Waals surface area (Å²) >= 11 is 9.31. The molecule has 0 heterocycles. The van der Waals surface area contributed by atoms with Gasteiger partial charge in [-0.2, -0.15) is 0 Å². The number of para-hydroxylation sites is 2. The maximum atomic E-state index is 12.0. The number of benzene rings is 2. The van der Waals surface area contributed by atoms with Crippen LogP contribution in [0.4, 0.5) is 5.69 Å². The van der Waals surface area contributed by atoms with Crippen molar-refractivity contribution in [3.05, 3.63) is 57.5 Å². The molecule has 1 amide bonds. The Kier molecular flexibility index (Phi) is 5.47. The number of halogens is 2. The van der Waals surface area contributed by atoms with Gasteiger partial charge in [0.2, 0.25) is 0 Å². The van der Waals surface area contributed by atoms with Crippen molar-refractivity contribution in [3.8, 4) is 5.75 Å². The van der Waals surface area contributed by atoms with E-state index >= 15 is 0 Å². The van der Waals surface area contributed by atoms with Gasteiger partial charge in [0.15, 0.2) is 0 Å². The SMILES string of the molecule is Nc1ccccc1OCCNC(=O)c1ccc(Br)cc1Cl. The first kappa shape index (κ1) is 15.7. The van der Waals surface area contributed by atoms with Gasteiger partial charge in [0, 0.05) is 4.47 Å². The summed E-state index contributed by atoms with van der Waals surface area (Å²) in [6, 6.07) is 12.3. The number of amides is 1. The van der Waals surface area contributed by atoms with Gasteiger partial charge in [0.05, 0.1) is 22.8 Å². The minimum absolute atomic E-state index is 0.239. The number of ether oxygens (including phenoxy) is 1. The number of hydrogen-bond acceptors (Lipinski definition) is 3. The minimum Gasteiger partial charge on any atom is -0.490 e. The van der Waals surface area contributed by atoms with Gasteiger partial charge in [-0.3, -0.25) is 4.79 Å². The predicted molar refractivity (Wildman–Crippen MR) is 87.8 cm³/mol. The number of nitrogens with one attached hydrogen (secondary N) is 1. The Morgan fingerprint density at radius 3 is 2.76 bits per heavy atom. The smallest absolute Gasteiger partial charge is 0.252 e. The second-order valence-electron chi connectivity index (χ2n) is 4.27. The summed E-state index contributed by atoms with van der Waals surface area (Å²) in [6.45, 7) is 0.688. The van der Waals surface area contributed by atoms with E-state index in [1.54, 1.807) is 30.3 Å². The average Bonchev–Trinajstić information content (AvgIpc) is 2.45. The fraction of sp³-hybridized carbons (Fsp3) is 0.133. The van der Waals surface area contributed by atoms with E-state index < -0.39 is 0 Å². The lowest BCUT2D eigenvalue weighted by molar-refractivity contribution is 0.0947. The molecule has 2 rings (SSSR count). The van der Waals surface area contributed by atoms with Gasteiger partial charge in [-0.15, -0.1) is 0 Å². The second kappa shape index (κ2) is 7.33. The summed E-state index contributed by atoms with van der Waals surface area (Å²) in [4.78, 5) is 12.0. The number of hydrogen-bond donors (Lipinski definition) is 2. The predicted octanol–water partition coefficient (Wildman–Crippen LogP) is 3.49. The van der Waals surface area contributed by atoms with Crippen LogP contribution >= 0.6 is 27.5 Å². The highest BCUT2D eigenvalue weighted by molar-refractivity contribution is 9.10. The minimum atomic E-state index is -0.239. The van der Waals surface area contributed by atoms with Crippen LogP contribution < -0.4 is 15.8 Å². The van der Waals surface area contributed by atoms with Crippen LogP contribution in [0.3, 0.4) is 0 Å². The second-order valence-corrected chi connectivity index (χ2v) is 5.59. The number of rotatable bonds is 5. The van der Waals surface area contributed by atoms with Crippen molar-refractivity contribution in [3.63, 3.8) is 0 Å². The Hall–Kier alpha value is -1.72. The van der Waals surface area contributed by atoms with Crippen molar-refractivity contribution < 1.29 is 9.53 Å². The van der Waals surface area contributed by atoms with Gasteiger partial charge < -0.3 is 15.8 Å². The maximum absolute atomic E-state index is 12.0. The fourth-order valence-electron chi connectivity index (χ4n) is 1.71. The van der Waals surface area contributed by atoms with Crippen molar-refractivity contribution in [2.24, 2.45) is 0 Å². The topological polar surface area (TPSA) is 64.3 Å². The highest BCUT2D eigenvalue weighted by atomic mass is 79.9. The zero-order valence-corrected chi connectivity index (χ0v) is 13.4. The molecule has 0 aromatic heterocycles. The lowest BCUT2D eigenvalue weighted by Crippen LogP contribution is -2.28. The fourth-order valence-corrected chi connectivity index (χ4v) is 2.47. The summed E-state index contributed by atoms with van der Waals surface area (Å²) in [5, 5.41) is 3.14. The molecule has 6 heteroatoms. The van der Waals surface area contributed by atoms with Crippen LogP contribution in [0.15, 0.2) is 46.9 Å². The van der Waals surface area contributed by atoms with Gasteiger partial charge in [-0.25, -0.2) is 0 Å². The third-order valence-corrected chi connectivity index (χ3v) is 3.55. The Labute approximate surface area is 136 Å². The molecule has 0 saturated heterocycles. The zero-order chi connectivity index (χ0) is 15.2. The first-order chi connectivity index (χ1) is 10.1. The molecule has 0 atom stereocenters. The molecule has 3 N–H and O–H groups in total. The maximum Gasteiger partial charge on any atom is 0.252 e. The first-order valence-corrected chi connectivity index (χ1v) is 7.45. The molecule has 2 aromatic rings. The van der Waals surface area contributed by atoms with E-state index in [1.807, 2.05) is 12.1 Å². The third kappa shape index (κ3) is 4.37. The monoisotopic (exact) mass is 368 g/mol. The molecule has 110 valence electrons. The third-order valence-electron chi connectivity index (χ3n) is 2.74. The van der Waals surface area contributed by atoms with Crippen LogP contribution in [-0.4, -0.2) is 19.1 Å². The van der Waals surface area contributed by atoms with Crippen LogP contribution in [0, 0.1) is 0 Å². The lowest BCUT2D eigenvalue weighted by atomic mass is 10.2. The zero-order valence-electron chi connectivity index (χ0n) is 11.1. The molecule has 0 saturated carbocycles. The van der Waals surface area contributed by atoms with Crippen molar-refractivity contribution in [1.82, 2.24) is 5.32 Å². The average molecular weight is 370 g/mol. The van der Waals surface area contributed by atoms with Crippen molar-refractivity contribution in [2.75, 3.05) is 18.9 Å². The quantitative estimate of drug-likeness (QED) is 0.626. The van der Waals surface area contributed by atoms with E-state index in [-0.39, 0.29) is 5.91 Å². The van der Waals surface area contributed by atoms with Gasteiger partial charge in [-0.1, -0.05) is 39.7 Å². The molecule has 4 nitrogen and oxygen atoms in total. The van der Waals surface area contributed by atoms with Crippen molar-refractivity contribution >= 4 is 39.1 Å². The molecular formula is C15H14BrClN2O2. The molecule has 0 fully saturated rings. The molecule has 0 aliphatic heterocycles. The normalized spacial score (nSPS) is 10.2. The van der Waals surface area contributed by atoms with Crippen LogP contribution in [0.5, 0.6) is 5.75 Å². The van der Waals surface area contributed by atoms with Crippen LogP contribution in [-0.2, 0) is 0 Å². The molecule has 2 aromatic carbocycles. The highest BCUT2D eigenvalue weighted by Crippen LogP contribution is 2.21. The van der Waals surface area contributed by atoms with E-state index in [0.717, 1.165) is 4.47 Å². The molecule has 0 unspecified atom stereocenters. The van der Waals surface area contributed by atoms with Gasteiger partial charge in [0.1, 0.15) is 12.4 Å². The summed E-state index contributed by atoms with van der Waals surface area (Å²) in [5.41, 5.74) is 6.75. The van der Waals surface area contributed by atoms with E-state index in [2.05, 4.69) is 21.2 Å². The Bertz CT molecular complexity index is 649. The number of nitrogens with two attached hydrogens (primary N) is 1. The summed E-state index contributed by atoms with van der Waals surface area (Å²) in [6.07, 6.45) is 0. The largest absolute Gasteiger partial charge is 0.490 e. The summed E-state index contributed by atoms with van der Waals surface area (Å²) in [7, 11) is 0. The van der Waals surface area contributed by atoms with E-state index in [9.17, 15) is 4.79 Å². The van der Waals surface area contributed by atoms with Gasteiger partial charge in [-0.05, 0) is 30.3 Å². The molecule has 21 heavy (non-hydrogen) atoms. The van der Waals surface area contributed by atoms with E-state index in [0.29, 0.717) is 35.2 Å². The van der Waals surface area contributed by atoms with Crippen molar-refractivity contribution in [2.45, 2.75) is 0 Å². The number of carbonyl (C=O) groups excluding carboxylic acids is 1. The number of anilines is 1. The van der Waals surface area contributed by atoms with Crippen LogP contribution in [0.1, 0.15) is 10.4 Å².